The van der Waals surface area contributed by atoms with Gasteiger partial charge in [-0.15, -0.1) is 0 Å². The predicted molar refractivity (Wildman–Crippen MR) is 72.1 cm³/mol. The van der Waals surface area contributed by atoms with Gasteiger partial charge in [-0.3, -0.25) is 4.79 Å². The van der Waals surface area contributed by atoms with Crippen molar-refractivity contribution in [3.05, 3.63) is 33.9 Å². The molecule has 0 atom stereocenters. The van der Waals surface area contributed by atoms with Crippen molar-refractivity contribution in [2.45, 2.75) is 0 Å². The number of nitrogens with one attached hydrogen (secondary N) is 1. The normalized spacial score (nSPS) is 17.9. The number of hydrogen-bond donors (Lipinski definition) is 2. The van der Waals surface area contributed by atoms with Crippen LogP contribution in [0.15, 0.2) is 28.4 Å². The monoisotopic (exact) mass is 315 g/mol. The second-order valence-electron chi connectivity index (χ2n) is 3.06. The summed E-state index contributed by atoms with van der Waals surface area (Å²) in [5.41, 5.74) is 0.957. The zero-order chi connectivity index (χ0) is 11.7. The lowest BCUT2D eigenvalue weighted by Crippen LogP contribution is -2.10. The molecule has 82 valence electrons. The number of carbonyl (C=O) groups excluding carboxylic acids is 1. The quantitative estimate of drug-likeness (QED) is 0.616. The summed E-state index contributed by atoms with van der Waals surface area (Å²) in [5.74, 6) is 0.119. The minimum Gasteiger partial charge on any atom is -0.507 e. The number of phenolic OH excluding ortho intramolecular Hbond substituents is 1. The Morgan fingerprint density at radius 3 is 2.88 bits per heavy atom. The largest absolute Gasteiger partial charge is 0.507 e. The molecule has 0 aromatic heterocycles. The molecule has 0 aliphatic carbocycles. The molecular weight excluding hydrogens is 310 g/mol. The highest BCUT2D eigenvalue weighted by atomic mass is 79.9. The van der Waals surface area contributed by atoms with Gasteiger partial charge >= 0.3 is 0 Å². The van der Waals surface area contributed by atoms with Gasteiger partial charge in [0.25, 0.3) is 0 Å². The van der Waals surface area contributed by atoms with Crippen molar-refractivity contribution in [2.75, 3.05) is 0 Å². The zero-order valence-corrected chi connectivity index (χ0v) is 11.1. The molecule has 1 fully saturated rings. The van der Waals surface area contributed by atoms with Crippen LogP contribution in [0.3, 0.4) is 0 Å². The first-order valence-electron chi connectivity index (χ1n) is 4.29. The van der Waals surface area contributed by atoms with Crippen LogP contribution in [-0.4, -0.2) is 14.5 Å². The molecule has 3 nitrogen and oxygen atoms in total. The maximum Gasteiger partial charge on any atom is 0.242 e. The Kier molecular flexibility index (Phi) is 3.32. The Balaban J connectivity index is 2.39. The molecule has 1 aliphatic heterocycles. The highest BCUT2D eigenvalue weighted by molar-refractivity contribution is 9.10. The van der Waals surface area contributed by atoms with E-state index in [1.54, 1.807) is 24.3 Å². The molecule has 6 heteroatoms. The number of aromatic hydroxyl groups is 1. The number of phenols is 1. The summed E-state index contributed by atoms with van der Waals surface area (Å²) in [6.07, 6.45) is 1.58. The highest BCUT2D eigenvalue weighted by Gasteiger charge is 2.22. The number of rotatable bonds is 1. The van der Waals surface area contributed by atoms with E-state index < -0.39 is 0 Å². The van der Waals surface area contributed by atoms with Crippen LogP contribution in [0.4, 0.5) is 0 Å². The number of benzene rings is 1. The summed E-state index contributed by atoms with van der Waals surface area (Å²) in [6.45, 7) is 0. The minimum atomic E-state index is -0.135. The molecule has 1 aromatic rings. The molecular formula is C10H6BrNO2S2. The van der Waals surface area contributed by atoms with Crippen LogP contribution in [0, 0.1) is 0 Å². The Bertz CT molecular complexity index is 514. The molecule has 2 rings (SSSR count). The predicted octanol–water partition coefficient (Wildman–Crippen LogP) is 2.64. The second kappa shape index (κ2) is 4.57. The number of thiocarbonyl (C=S) groups is 1. The van der Waals surface area contributed by atoms with E-state index in [2.05, 4.69) is 21.2 Å². The molecule has 2 N–H and O–H groups in total. The third-order valence-corrected chi connectivity index (χ3v) is 3.47. The van der Waals surface area contributed by atoms with Gasteiger partial charge in [0.15, 0.2) is 0 Å². The Morgan fingerprint density at radius 2 is 2.25 bits per heavy atom. The summed E-state index contributed by atoms with van der Waals surface area (Å²) in [6, 6.07) is 5.01. The van der Waals surface area contributed by atoms with Crippen molar-refractivity contribution in [2.24, 2.45) is 0 Å². The molecule has 0 bridgehead atoms. The van der Waals surface area contributed by atoms with E-state index in [-0.39, 0.29) is 10.9 Å². The van der Waals surface area contributed by atoms with Crippen LogP contribution in [0.5, 0.6) is 5.75 Å². The summed E-state index contributed by atoms with van der Waals surface area (Å²) < 4.78 is 1.27. The maximum absolute atomic E-state index is 11.4. The average Bonchev–Trinajstić information content (AvgIpc) is 2.51. The fraction of sp³-hybridized carbons (Fsp3) is 0. The number of halogens is 1. The van der Waals surface area contributed by atoms with E-state index in [9.17, 15) is 9.90 Å². The smallest absolute Gasteiger partial charge is 0.242 e. The zero-order valence-electron chi connectivity index (χ0n) is 7.86. The van der Waals surface area contributed by atoms with Gasteiger partial charge in [0.2, 0.25) is 5.12 Å². The third kappa shape index (κ3) is 2.45. The van der Waals surface area contributed by atoms with Gasteiger partial charge in [-0.2, -0.15) is 0 Å². The van der Waals surface area contributed by atoms with Crippen molar-refractivity contribution in [1.29, 1.82) is 0 Å². The van der Waals surface area contributed by atoms with E-state index in [1.807, 2.05) is 0 Å². The van der Waals surface area contributed by atoms with Crippen molar-refractivity contribution < 1.29 is 9.90 Å². The molecule has 1 aromatic carbocycles. The molecule has 1 saturated heterocycles. The van der Waals surface area contributed by atoms with Crippen molar-refractivity contribution in [1.82, 2.24) is 5.32 Å². The lowest BCUT2D eigenvalue weighted by atomic mass is 10.2. The van der Waals surface area contributed by atoms with E-state index >= 15 is 0 Å². The van der Waals surface area contributed by atoms with E-state index in [1.165, 1.54) is 0 Å². The Morgan fingerprint density at radius 1 is 1.50 bits per heavy atom. The van der Waals surface area contributed by atoms with Gasteiger partial charge < -0.3 is 10.4 Å². The second-order valence-corrected chi connectivity index (χ2v) is 5.63. The number of hydrogen-bond acceptors (Lipinski definition) is 4. The average molecular weight is 316 g/mol. The number of carbonyl (C=O) groups is 1. The SMILES string of the molecule is O=C1SC(=S)N/C1=C/c1cc(Br)ccc1O. The Hall–Kier alpha value is -0.850. The molecule has 0 radical (unpaired) electrons. The molecule has 0 saturated carbocycles. The molecule has 1 heterocycles. The van der Waals surface area contributed by atoms with Crippen molar-refractivity contribution >= 4 is 55.4 Å². The lowest BCUT2D eigenvalue weighted by Gasteiger charge is -2.01. The van der Waals surface area contributed by atoms with Gasteiger partial charge in [-0.25, -0.2) is 0 Å². The van der Waals surface area contributed by atoms with E-state index in [0.717, 1.165) is 16.2 Å². The molecule has 1 aliphatic rings. The fourth-order valence-corrected chi connectivity index (χ4v) is 2.48. The third-order valence-electron chi connectivity index (χ3n) is 1.93. The summed E-state index contributed by atoms with van der Waals surface area (Å²) in [5, 5.41) is 12.2. The first kappa shape index (κ1) is 11.6. The van der Waals surface area contributed by atoms with Crippen LogP contribution < -0.4 is 5.32 Å². The highest BCUT2D eigenvalue weighted by Crippen LogP contribution is 2.27. The van der Waals surface area contributed by atoms with Gasteiger partial charge in [-0.1, -0.05) is 28.1 Å². The summed E-state index contributed by atoms with van der Waals surface area (Å²) in [4.78, 5) is 11.4. The van der Waals surface area contributed by atoms with E-state index in [4.69, 9.17) is 12.2 Å². The van der Waals surface area contributed by atoms with E-state index in [0.29, 0.717) is 15.6 Å². The molecule has 16 heavy (non-hydrogen) atoms. The van der Waals surface area contributed by atoms with Crippen LogP contribution in [0.2, 0.25) is 0 Å². The minimum absolute atomic E-state index is 0.119. The van der Waals surface area contributed by atoms with Crippen LogP contribution >= 0.6 is 39.9 Å². The van der Waals surface area contributed by atoms with Crippen LogP contribution in [0.1, 0.15) is 5.56 Å². The lowest BCUT2D eigenvalue weighted by molar-refractivity contribution is -0.107. The van der Waals surface area contributed by atoms with Gasteiger partial charge in [0.1, 0.15) is 10.1 Å². The fourth-order valence-electron chi connectivity index (χ4n) is 1.22. The standard InChI is InChI=1S/C10H6BrNO2S2/c11-6-1-2-8(13)5(3-6)4-7-9(14)16-10(15)12-7/h1-4,13H,(H,12,15)/b7-4+. The van der Waals surface area contributed by atoms with Crippen molar-refractivity contribution in [3.8, 4) is 5.75 Å². The maximum atomic E-state index is 11.4. The first-order chi connectivity index (χ1) is 7.56. The van der Waals surface area contributed by atoms with Crippen LogP contribution in [0.25, 0.3) is 6.08 Å². The molecule has 0 unspecified atom stereocenters. The van der Waals surface area contributed by atoms with Crippen molar-refractivity contribution in [3.63, 3.8) is 0 Å². The topological polar surface area (TPSA) is 49.3 Å². The first-order valence-corrected chi connectivity index (χ1v) is 6.31. The van der Waals surface area contributed by atoms with Gasteiger partial charge in [0.05, 0.1) is 5.70 Å². The van der Waals surface area contributed by atoms with Crippen LogP contribution in [-0.2, 0) is 4.79 Å². The van der Waals surface area contributed by atoms with Gasteiger partial charge in [-0.05, 0) is 36.0 Å². The Labute approximate surface area is 110 Å². The van der Waals surface area contributed by atoms with Gasteiger partial charge in [0, 0.05) is 10.0 Å². The summed E-state index contributed by atoms with van der Waals surface area (Å²) >= 11 is 9.14. The summed E-state index contributed by atoms with van der Waals surface area (Å²) in [7, 11) is 0. The molecule has 0 amide bonds. The molecule has 0 spiro atoms. The number of thioether (sulfide) groups is 1.